The first-order valence-corrected chi connectivity index (χ1v) is 6.97. The Hall–Kier alpha value is -1.23. The fraction of sp³-hybridized carbons (Fsp3) is 0.769. The number of nitrogens with zero attached hydrogens (tertiary/aromatic N) is 4. The minimum atomic E-state index is 0.848. The smallest absolute Gasteiger partial charge is 0.150 e. The van der Waals surface area contributed by atoms with Crippen molar-refractivity contribution in [3.05, 3.63) is 5.69 Å². The fourth-order valence-electron chi connectivity index (χ4n) is 2.64. The van der Waals surface area contributed by atoms with Crippen LogP contribution in [0.3, 0.4) is 0 Å². The maximum atomic E-state index is 6.16. The maximum Gasteiger partial charge on any atom is 0.150 e. The predicted molar refractivity (Wildman–Crippen MR) is 76.0 cm³/mol. The summed E-state index contributed by atoms with van der Waals surface area (Å²) in [7, 11) is 0. The van der Waals surface area contributed by atoms with Gasteiger partial charge in [-0.3, -0.25) is 4.90 Å². The summed E-state index contributed by atoms with van der Waals surface area (Å²) in [6.07, 6.45) is 1.23. The molecule has 2 heterocycles. The highest BCUT2D eigenvalue weighted by Gasteiger charge is 2.22. The third kappa shape index (κ3) is 2.46. The van der Waals surface area contributed by atoms with Crippen molar-refractivity contribution in [3.8, 4) is 0 Å². The summed E-state index contributed by atoms with van der Waals surface area (Å²) in [6, 6.07) is 0. The molecule has 0 atom stereocenters. The lowest BCUT2D eigenvalue weighted by Gasteiger charge is -2.36. The van der Waals surface area contributed by atoms with E-state index in [-0.39, 0.29) is 0 Å². The SMILES string of the molecule is CCCN1CCN(c2c(N)c(C)nn2CC)CC1. The van der Waals surface area contributed by atoms with Gasteiger partial charge in [-0.25, -0.2) is 4.68 Å². The van der Waals surface area contributed by atoms with Gasteiger partial charge < -0.3 is 10.6 Å². The summed E-state index contributed by atoms with van der Waals surface area (Å²) in [5.41, 5.74) is 7.96. The second kappa shape index (κ2) is 5.61. The summed E-state index contributed by atoms with van der Waals surface area (Å²) in [4.78, 5) is 4.90. The Balaban J connectivity index is 2.09. The maximum absolute atomic E-state index is 6.16. The lowest BCUT2D eigenvalue weighted by molar-refractivity contribution is 0.257. The molecule has 0 aliphatic carbocycles. The zero-order chi connectivity index (χ0) is 13.1. The van der Waals surface area contributed by atoms with Crippen LogP contribution in [0.4, 0.5) is 11.5 Å². The van der Waals surface area contributed by atoms with Crippen molar-refractivity contribution >= 4 is 11.5 Å². The molecule has 0 aromatic carbocycles. The second-order valence-electron chi connectivity index (χ2n) is 4.97. The Bertz CT molecular complexity index is 390. The number of hydrogen-bond acceptors (Lipinski definition) is 4. The molecule has 0 amide bonds. The van der Waals surface area contributed by atoms with E-state index in [9.17, 15) is 0 Å². The Kier molecular flexibility index (Phi) is 4.11. The third-order valence-electron chi connectivity index (χ3n) is 3.66. The highest BCUT2D eigenvalue weighted by Crippen LogP contribution is 2.27. The van der Waals surface area contributed by atoms with Gasteiger partial charge in [0.15, 0.2) is 5.82 Å². The van der Waals surface area contributed by atoms with Gasteiger partial charge in [0.05, 0.1) is 11.4 Å². The van der Waals surface area contributed by atoms with Crippen molar-refractivity contribution in [1.29, 1.82) is 0 Å². The molecule has 102 valence electrons. The molecule has 2 N–H and O–H groups in total. The summed E-state index contributed by atoms with van der Waals surface area (Å²) in [5.74, 6) is 1.12. The molecule has 1 aliphatic rings. The van der Waals surface area contributed by atoms with Crippen LogP contribution in [0.2, 0.25) is 0 Å². The van der Waals surface area contributed by atoms with Crippen LogP contribution in [0.5, 0.6) is 0 Å². The molecule has 1 aromatic heterocycles. The average molecular weight is 251 g/mol. The molecule has 0 bridgehead atoms. The van der Waals surface area contributed by atoms with Gasteiger partial charge in [-0.05, 0) is 26.8 Å². The number of anilines is 2. The molecule has 0 radical (unpaired) electrons. The van der Waals surface area contributed by atoms with Crippen LogP contribution < -0.4 is 10.6 Å². The highest BCUT2D eigenvalue weighted by molar-refractivity contribution is 5.66. The van der Waals surface area contributed by atoms with Crippen LogP contribution in [0.1, 0.15) is 26.0 Å². The van der Waals surface area contributed by atoms with E-state index < -0.39 is 0 Å². The van der Waals surface area contributed by atoms with Crippen molar-refractivity contribution in [2.24, 2.45) is 0 Å². The van der Waals surface area contributed by atoms with E-state index in [1.807, 2.05) is 11.6 Å². The fourth-order valence-corrected chi connectivity index (χ4v) is 2.64. The zero-order valence-electron chi connectivity index (χ0n) is 11.8. The molecular weight excluding hydrogens is 226 g/mol. The first kappa shape index (κ1) is 13.2. The van der Waals surface area contributed by atoms with E-state index in [0.29, 0.717) is 0 Å². The largest absolute Gasteiger partial charge is 0.394 e. The monoisotopic (exact) mass is 251 g/mol. The Morgan fingerprint density at radius 2 is 1.83 bits per heavy atom. The Labute approximate surface area is 110 Å². The van der Waals surface area contributed by atoms with Gasteiger partial charge >= 0.3 is 0 Å². The Morgan fingerprint density at radius 1 is 1.17 bits per heavy atom. The quantitative estimate of drug-likeness (QED) is 0.877. The standard InChI is InChI=1S/C13H25N5/c1-4-6-16-7-9-17(10-8-16)13-12(14)11(3)15-18(13)5-2/h4-10,14H2,1-3H3. The Morgan fingerprint density at radius 3 is 2.39 bits per heavy atom. The van der Waals surface area contributed by atoms with Crippen LogP contribution in [0, 0.1) is 6.92 Å². The third-order valence-corrected chi connectivity index (χ3v) is 3.66. The van der Waals surface area contributed by atoms with Gasteiger partial charge in [0.25, 0.3) is 0 Å². The molecule has 2 rings (SSSR count). The number of nitrogen functional groups attached to an aromatic ring is 1. The van der Waals surface area contributed by atoms with Crippen LogP contribution in [-0.4, -0.2) is 47.4 Å². The molecule has 1 aliphatic heterocycles. The molecule has 5 nitrogen and oxygen atoms in total. The van der Waals surface area contributed by atoms with Crippen molar-refractivity contribution < 1.29 is 0 Å². The second-order valence-corrected chi connectivity index (χ2v) is 4.97. The predicted octanol–water partition coefficient (Wildman–Crippen LogP) is 1.33. The van der Waals surface area contributed by atoms with Crippen molar-refractivity contribution in [1.82, 2.24) is 14.7 Å². The summed E-state index contributed by atoms with van der Waals surface area (Å²) in [6.45, 7) is 12.8. The molecule has 1 saturated heterocycles. The number of hydrogen-bond donors (Lipinski definition) is 1. The molecule has 18 heavy (non-hydrogen) atoms. The number of aromatic nitrogens is 2. The van der Waals surface area contributed by atoms with Gasteiger partial charge in [0.2, 0.25) is 0 Å². The normalized spacial score (nSPS) is 17.4. The minimum Gasteiger partial charge on any atom is -0.394 e. The van der Waals surface area contributed by atoms with Crippen LogP contribution in [0.15, 0.2) is 0 Å². The number of aryl methyl sites for hydroxylation is 2. The topological polar surface area (TPSA) is 50.3 Å². The van der Waals surface area contributed by atoms with E-state index in [0.717, 1.165) is 49.9 Å². The molecule has 0 spiro atoms. The highest BCUT2D eigenvalue weighted by atomic mass is 15.4. The minimum absolute atomic E-state index is 0.848. The lowest BCUT2D eigenvalue weighted by Crippen LogP contribution is -2.47. The number of rotatable bonds is 4. The van der Waals surface area contributed by atoms with E-state index in [1.165, 1.54) is 13.0 Å². The van der Waals surface area contributed by atoms with E-state index in [1.54, 1.807) is 0 Å². The molecule has 0 saturated carbocycles. The van der Waals surface area contributed by atoms with Gasteiger partial charge in [0, 0.05) is 32.7 Å². The van der Waals surface area contributed by atoms with E-state index in [2.05, 4.69) is 28.7 Å². The van der Waals surface area contributed by atoms with Crippen molar-refractivity contribution in [3.63, 3.8) is 0 Å². The van der Waals surface area contributed by atoms with Crippen LogP contribution in [0.25, 0.3) is 0 Å². The van der Waals surface area contributed by atoms with Crippen molar-refractivity contribution in [2.45, 2.75) is 33.7 Å². The summed E-state index contributed by atoms with van der Waals surface area (Å²) >= 11 is 0. The van der Waals surface area contributed by atoms with Crippen molar-refractivity contribution in [2.75, 3.05) is 43.4 Å². The van der Waals surface area contributed by atoms with E-state index >= 15 is 0 Å². The van der Waals surface area contributed by atoms with E-state index in [4.69, 9.17) is 5.73 Å². The van der Waals surface area contributed by atoms with Gasteiger partial charge in [-0.15, -0.1) is 0 Å². The van der Waals surface area contributed by atoms with Crippen LogP contribution in [-0.2, 0) is 6.54 Å². The van der Waals surface area contributed by atoms with Gasteiger partial charge in [-0.2, -0.15) is 5.10 Å². The first-order valence-electron chi connectivity index (χ1n) is 6.97. The first-order chi connectivity index (χ1) is 8.67. The summed E-state index contributed by atoms with van der Waals surface area (Å²) in [5, 5.41) is 4.50. The zero-order valence-corrected chi connectivity index (χ0v) is 11.8. The number of piperazine rings is 1. The number of nitrogens with two attached hydrogens (primary N) is 1. The van der Waals surface area contributed by atoms with Gasteiger partial charge in [-0.1, -0.05) is 6.92 Å². The van der Waals surface area contributed by atoms with Gasteiger partial charge in [0.1, 0.15) is 0 Å². The average Bonchev–Trinajstić information content (AvgIpc) is 2.67. The van der Waals surface area contributed by atoms with Crippen LogP contribution >= 0.6 is 0 Å². The molecular formula is C13H25N5. The lowest BCUT2D eigenvalue weighted by atomic mass is 10.2. The molecule has 0 unspecified atom stereocenters. The summed E-state index contributed by atoms with van der Waals surface area (Å²) < 4.78 is 2.03. The molecule has 1 aromatic rings. The molecule has 1 fully saturated rings. The molecule has 5 heteroatoms.